The molecule has 2 aromatic rings. The van der Waals surface area contributed by atoms with Crippen LogP contribution in [0.5, 0.6) is 0 Å². The van der Waals surface area contributed by atoms with E-state index >= 15 is 0 Å². The lowest BCUT2D eigenvalue weighted by atomic mass is 10.3. The molecule has 0 fully saturated rings. The molecule has 2 rings (SSSR count). The van der Waals surface area contributed by atoms with E-state index < -0.39 is 15.8 Å². The van der Waals surface area contributed by atoms with Crippen LogP contribution < -0.4 is 4.72 Å². The summed E-state index contributed by atoms with van der Waals surface area (Å²) in [5.74, 6) is 0.203. The van der Waals surface area contributed by atoms with Gasteiger partial charge in [-0.3, -0.25) is 0 Å². The van der Waals surface area contributed by atoms with Crippen LogP contribution in [-0.4, -0.2) is 36.2 Å². The van der Waals surface area contributed by atoms with Gasteiger partial charge in [-0.1, -0.05) is 12.1 Å². The lowest BCUT2D eigenvalue weighted by Crippen LogP contribution is -2.34. The summed E-state index contributed by atoms with van der Waals surface area (Å²) >= 11 is 1.55. The highest BCUT2D eigenvalue weighted by Crippen LogP contribution is 2.15. The summed E-state index contributed by atoms with van der Waals surface area (Å²) in [6, 6.07) is 5.85. The third-order valence-electron chi connectivity index (χ3n) is 2.74. The first-order chi connectivity index (χ1) is 9.94. The quantitative estimate of drug-likeness (QED) is 0.881. The highest BCUT2D eigenvalue weighted by Gasteiger charge is 2.19. The van der Waals surface area contributed by atoms with Gasteiger partial charge in [-0.25, -0.2) is 22.2 Å². The predicted molar refractivity (Wildman–Crippen MR) is 81.7 cm³/mol. The van der Waals surface area contributed by atoms with Gasteiger partial charge in [0.05, 0.1) is 12.4 Å². The van der Waals surface area contributed by atoms with E-state index in [1.54, 1.807) is 30.8 Å². The summed E-state index contributed by atoms with van der Waals surface area (Å²) in [4.78, 5) is 0.0127. The Hall–Kier alpha value is -1.38. The zero-order chi connectivity index (χ0) is 15.5. The van der Waals surface area contributed by atoms with E-state index in [0.29, 0.717) is 5.75 Å². The fraction of sp³-hybridized carbons (Fsp3) is 0.308. The van der Waals surface area contributed by atoms with Gasteiger partial charge in [-0.2, -0.15) is 16.9 Å². The fourth-order valence-corrected chi connectivity index (χ4v) is 3.69. The Labute approximate surface area is 127 Å². The average molecular weight is 329 g/mol. The lowest BCUT2D eigenvalue weighted by molar-refractivity contribution is 0.571. The molecule has 1 atom stereocenters. The monoisotopic (exact) mass is 329 g/mol. The van der Waals surface area contributed by atoms with Crippen molar-refractivity contribution in [1.29, 1.82) is 0 Å². The number of hydrogen-bond donors (Lipinski definition) is 1. The van der Waals surface area contributed by atoms with Crippen LogP contribution in [0.3, 0.4) is 0 Å². The molecular formula is C13H16FN3O2S2. The van der Waals surface area contributed by atoms with Gasteiger partial charge in [0.15, 0.2) is 0 Å². The van der Waals surface area contributed by atoms with Gasteiger partial charge in [0.1, 0.15) is 16.4 Å². The molecule has 0 bridgehead atoms. The average Bonchev–Trinajstić information content (AvgIpc) is 2.89. The topological polar surface area (TPSA) is 64.0 Å². The molecule has 0 aliphatic rings. The van der Waals surface area contributed by atoms with Crippen LogP contribution in [0, 0.1) is 5.82 Å². The van der Waals surface area contributed by atoms with E-state index in [9.17, 15) is 12.8 Å². The second kappa shape index (κ2) is 6.59. The van der Waals surface area contributed by atoms with Crippen molar-refractivity contribution >= 4 is 21.8 Å². The lowest BCUT2D eigenvalue weighted by Gasteiger charge is -2.11. The first-order valence-corrected chi connectivity index (χ1v) is 9.12. The minimum atomic E-state index is -3.65. The number of aromatic nitrogens is 2. The minimum Gasteiger partial charge on any atom is -0.237 e. The predicted octanol–water partition coefficient (Wildman–Crippen LogP) is 2.04. The minimum absolute atomic E-state index is 0.0127. The van der Waals surface area contributed by atoms with Crippen molar-refractivity contribution < 1.29 is 12.8 Å². The number of nitrogens with one attached hydrogen (secondary N) is 1. The van der Waals surface area contributed by atoms with Gasteiger partial charge in [-0.05, 0) is 25.3 Å². The third kappa shape index (κ3) is 3.84. The van der Waals surface area contributed by atoms with Gasteiger partial charge < -0.3 is 0 Å². The number of rotatable bonds is 6. The largest absolute Gasteiger partial charge is 0.243 e. The van der Waals surface area contributed by atoms with Gasteiger partial charge in [0, 0.05) is 11.8 Å². The van der Waals surface area contributed by atoms with Crippen molar-refractivity contribution in [1.82, 2.24) is 14.5 Å². The summed E-state index contributed by atoms with van der Waals surface area (Å²) in [5.41, 5.74) is 0.205. The summed E-state index contributed by atoms with van der Waals surface area (Å²) in [6.07, 6.45) is 4.41. The van der Waals surface area contributed by atoms with Crippen molar-refractivity contribution in [3.63, 3.8) is 0 Å². The van der Waals surface area contributed by atoms with E-state index in [4.69, 9.17) is 0 Å². The Morgan fingerprint density at radius 2 is 2.14 bits per heavy atom. The van der Waals surface area contributed by atoms with E-state index in [2.05, 4.69) is 9.82 Å². The van der Waals surface area contributed by atoms with Crippen LogP contribution >= 0.6 is 11.8 Å². The molecule has 0 spiro atoms. The molecule has 0 amide bonds. The number of sulfonamides is 1. The van der Waals surface area contributed by atoms with E-state index in [1.165, 1.54) is 29.2 Å². The standard InChI is InChI=1S/C13H16FN3O2S2/c1-10(9-20-2)16-21(18,19)11-7-15-17(8-11)13-6-4-3-5-12(13)14/h3-8,10,16H,9H2,1-2H3. The summed E-state index contributed by atoms with van der Waals surface area (Å²) in [5, 5.41) is 3.92. The summed E-state index contributed by atoms with van der Waals surface area (Å²) in [7, 11) is -3.65. The molecule has 1 unspecified atom stereocenters. The van der Waals surface area contributed by atoms with E-state index in [0.717, 1.165) is 0 Å². The van der Waals surface area contributed by atoms with Crippen LogP contribution in [-0.2, 0) is 10.0 Å². The molecule has 21 heavy (non-hydrogen) atoms. The Morgan fingerprint density at radius 3 is 2.81 bits per heavy atom. The van der Waals surface area contributed by atoms with Crippen LogP contribution in [0.1, 0.15) is 6.92 Å². The van der Waals surface area contributed by atoms with Crippen LogP contribution in [0.25, 0.3) is 5.69 Å². The molecule has 114 valence electrons. The van der Waals surface area contributed by atoms with E-state index in [-0.39, 0.29) is 16.6 Å². The Kier molecular flexibility index (Phi) is 5.02. The van der Waals surface area contributed by atoms with Crippen molar-refractivity contribution in [2.75, 3.05) is 12.0 Å². The molecule has 5 nitrogen and oxygen atoms in total. The number of hydrogen-bond acceptors (Lipinski definition) is 4. The third-order valence-corrected chi connectivity index (χ3v) is 5.12. The maximum atomic E-state index is 13.7. The maximum Gasteiger partial charge on any atom is 0.243 e. The zero-order valence-electron chi connectivity index (χ0n) is 11.7. The van der Waals surface area contributed by atoms with Gasteiger partial charge in [0.25, 0.3) is 0 Å². The molecule has 1 N–H and O–H groups in total. The SMILES string of the molecule is CSCC(C)NS(=O)(=O)c1cnn(-c2ccccc2F)c1. The Bertz CT molecular complexity index is 716. The Balaban J connectivity index is 2.26. The molecule has 0 radical (unpaired) electrons. The first kappa shape index (κ1) is 16.0. The van der Waals surface area contributed by atoms with Crippen molar-refractivity contribution in [2.45, 2.75) is 17.9 Å². The smallest absolute Gasteiger partial charge is 0.237 e. The molecule has 1 aromatic heterocycles. The molecular weight excluding hydrogens is 313 g/mol. The van der Waals surface area contributed by atoms with Gasteiger partial charge in [-0.15, -0.1) is 0 Å². The highest BCUT2D eigenvalue weighted by atomic mass is 32.2. The molecule has 0 saturated carbocycles. The first-order valence-electron chi connectivity index (χ1n) is 6.25. The van der Waals surface area contributed by atoms with Crippen molar-refractivity contribution in [3.05, 3.63) is 42.5 Å². The highest BCUT2D eigenvalue weighted by molar-refractivity contribution is 7.98. The molecule has 0 saturated heterocycles. The summed E-state index contributed by atoms with van der Waals surface area (Å²) < 4.78 is 41.8. The van der Waals surface area contributed by atoms with Crippen LogP contribution in [0.2, 0.25) is 0 Å². The van der Waals surface area contributed by atoms with Crippen LogP contribution in [0.15, 0.2) is 41.6 Å². The summed E-state index contributed by atoms with van der Waals surface area (Å²) in [6.45, 7) is 1.79. The van der Waals surface area contributed by atoms with Crippen molar-refractivity contribution in [2.24, 2.45) is 0 Å². The van der Waals surface area contributed by atoms with Gasteiger partial charge in [0.2, 0.25) is 10.0 Å². The number of nitrogens with zero attached hydrogens (tertiary/aromatic N) is 2. The normalized spacial score (nSPS) is 13.3. The second-order valence-electron chi connectivity index (χ2n) is 4.55. The van der Waals surface area contributed by atoms with E-state index in [1.807, 2.05) is 6.26 Å². The number of thioether (sulfide) groups is 1. The zero-order valence-corrected chi connectivity index (χ0v) is 13.3. The molecule has 1 aromatic carbocycles. The van der Waals surface area contributed by atoms with Crippen molar-refractivity contribution in [3.8, 4) is 5.69 Å². The molecule has 0 aliphatic heterocycles. The molecule has 0 aliphatic carbocycles. The maximum absolute atomic E-state index is 13.7. The second-order valence-corrected chi connectivity index (χ2v) is 7.17. The number of benzene rings is 1. The fourth-order valence-electron chi connectivity index (χ4n) is 1.83. The Morgan fingerprint density at radius 1 is 1.43 bits per heavy atom. The molecule has 1 heterocycles. The molecule has 8 heteroatoms. The van der Waals surface area contributed by atoms with Gasteiger partial charge >= 0.3 is 0 Å². The number of halogens is 1. The van der Waals surface area contributed by atoms with Crippen LogP contribution in [0.4, 0.5) is 4.39 Å². The number of para-hydroxylation sites is 1.